The van der Waals surface area contributed by atoms with Crippen LogP contribution in [-0.4, -0.2) is 50.5 Å². The van der Waals surface area contributed by atoms with E-state index in [2.05, 4.69) is 5.32 Å². The monoisotopic (exact) mass is 555 g/mol. The van der Waals surface area contributed by atoms with Gasteiger partial charge in [0.15, 0.2) is 0 Å². The molecule has 0 aromatic heterocycles. The van der Waals surface area contributed by atoms with Crippen LogP contribution in [0.1, 0.15) is 51.2 Å². The van der Waals surface area contributed by atoms with Crippen molar-refractivity contribution in [2.24, 2.45) is 0 Å². The molecule has 0 radical (unpaired) electrons. The van der Waals surface area contributed by atoms with Crippen LogP contribution in [0.5, 0.6) is 0 Å². The predicted octanol–water partition coefficient (Wildman–Crippen LogP) is 5.05. The summed E-state index contributed by atoms with van der Waals surface area (Å²) in [5.41, 5.74) is 1.72. The number of hydrogen-bond acceptors (Lipinski definition) is 4. The minimum absolute atomic E-state index is 0.0376. The zero-order valence-electron chi connectivity index (χ0n) is 21.3. The van der Waals surface area contributed by atoms with Gasteiger partial charge in [-0.2, -0.15) is 0 Å². The van der Waals surface area contributed by atoms with Gasteiger partial charge in [-0.15, -0.1) is 0 Å². The highest BCUT2D eigenvalue weighted by Gasteiger charge is 2.32. The Morgan fingerprint density at radius 2 is 1.64 bits per heavy atom. The molecule has 1 N–H and O–H groups in total. The molecule has 0 aliphatic heterocycles. The first-order valence-corrected chi connectivity index (χ1v) is 14.7. The number of halogens is 2. The first-order chi connectivity index (χ1) is 17.0. The van der Waals surface area contributed by atoms with Gasteiger partial charge in [0, 0.05) is 28.7 Å². The minimum Gasteiger partial charge on any atom is -0.354 e. The molecule has 7 nitrogen and oxygen atoms in total. The lowest BCUT2D eigenvalue weighted by molar-refractivity contribution is -0.140. The van der Waals surface area contributed by atoms with E-state index >= 15 is 0 Å². The van der Waals surface area contributed by atoms with E-state index in [9.17, 15) is 18.0 Å². The highest BCUT2D eigenvalue weighted by atomic mass is 35.5. The van der Waals surface area contributed by atoms with E-state index in [1.807, 2.05) is 26.0 Å². The smallest absolute Gasteiger partial charge is 0.244 e. The molecule has 0 saturated carbocycles. The number of benzene rings is 2. The number of carbonyl (C=O) groups is 2. The summed E-state index contributed by atoms with van der Waals surface area (Å²) in [6.45, 7) is 5.73. The zero-order valence-corrected chi connectivity index (χ0v) is 23.6. The van der Waals surface area contributed by atoms with Crippen molar-refractivity contribution < 1.29 is 18.0 Å². The highest BCUT2D eigenvalue weighted by Crippen LogP contribution is 2.28. The molecule has 0 unspecified atom stereocenters. The summed E-state index contributed by atoms with van der Waals surface area (Å²) in [6.07, 6.45) is 3.71. The van der Waals surface area contributed by atoms with E-state index in [1.54, 1.807) is 37.3 Å². The van der Waals surface area contributed by atoms with Crippen molar-refractivity contribution in [1.82, 2.24) is 10.2 Å². The number of hydrogen-bond donors (Lipinski definition) is 1. The Morgan fingerprint density at radius 1 is 1.00 bits per heavy atom. The summed E-state index contributed by atoms with van der Waals surface area (Å²) in [5.74, 6) is -0.831. The molecule has 36 heavy (non-hydrogen) atoms. The Labute approximate surface area is 224 Å². The number of amides is 2. The van der Waals surface area contributed by atoms with Crippen molar-refractivity contribution in [3.63, 3.8) is 0 Å². The van der Waals surface area contributed by atoms with Crippen molar-refractivity contribution in [3.05, 3.63) is 63.6 Å². The molecule has 0 aliphatic carbocycles. The van der Waals surface area contributed by atoms with Crippen molar-refractivity contribution in [2.75, 3.05) is 23.7 Å². The van der Waals surface area contributed by atoms with Gasteiger partial charge in [-0.3, -0.25) is 13.9 Å². The Hall–Kier alpha value is -2.29. The summed E-state index contributed by atoms with van der Waals surface area (Å²) in [4.78, 5) is 28.3. The molecule has 0 heterocycles. The van der Waals surface area contributed by atoms with Crippen LogP contribution in [0.4, 0.5) is 5.69 Å². The van der Waals surface area contributed by atoms with Gasteiger partial charge in [0.1, 0.15) is 12.6 Å². The number of rotatable bonds is 13. The van der Waals surface area contributed by atoms with Crippen LogP contribution in [0.25, 0.3) is 0 Å². The highest BCUT2D eigenvalue weighted by molar-refractivity contribution is 7.92. The second-order valence-electron chi connectivity index (χ2n) is 8.54. The van der Waals surface area contributed by atoms with Gasteiger partial charge in [-0.1, -0.05) is 74.7 Å². The number of anilines is 1. The maximum Gasteiger partial charge on any atom is 0.244 e. The number of nitrogens with one attached hydrogen (secondary N) is 1. The maximum atomic E-state index is 13.8. The van der Waals surface area contributed by atoms with Gasteiger partial charge in [0.2, 0.25) is 21.8 Å². The lowest BCUT2D eigenvalue weighted by Crippen LogP contribution is -2.52. The fraction of sp³-hybridized carbons (Fsp3) is 0.462. The fourth-order valence-corrected chi connectivity index (χ4v) is 5.32. The molecule has 2 aromatic rings. The molecular weight excluding hydrogens is 521 g/mol. The summed E-state index contributed by atoms with van der Waals surface area (Å²) in [7, 11) is -3.81. The number of unbranched alkanes of at least 4 members (excludes halogenated alkanes) is 1. The first-order valence-electron chi connectivity index (χ1n) is 12.1. The van der Waals surface area contributed by atoms with E-state index in [0.717, 1.165) is 29.0 Å². The molecule has 198 valence electrons. The van der Waals surface area contributed by atoms with Crippen LogP contribution in [-0.2, 0) is 32.6 Å². The van der Waals surface area contributed by atoms with Gasteiger partial charge in [0.25, 0.3) is 0 Å². The Kier molecular flexibility index (Phi) is 11.5. The van der Waals surface area contributed by atoms with Crippen LogP contribution >= 0.6 is 23.2 Å². The SMILES string of the molecule is CCCCNC(=O)[C@H](CC)N(Cc1c(Cl)cccc1Cl)C(=O)CN(c1ccccc1CC)S(C)(=O)=O. The van der Waals surface area contributed by atoms with Crippen LogP contribution < -0.4 is 9.62 Å². The third kappa shape index (κ3) is 7.85. The molecular formula is C26H35Cl2N3O4S. The number of aryl methyl sites for hydroxylation is 1. The molecule has 0 spiro atoms. The van der Waals surface area contributed by atoms with Crippen LogP contribution in [0.2, 0.25) is 10.0 Å². The van der Waals surface area contributed by atoms with E-state index in [0.29, 0.717) is 40.7 Å². The summed E-state index contributed by atoms with van der Waals surface area (Å²) in [6, 6.07) is 11.2. The third-order valence-corrected chi connectivity index (χ3v) is 7.76. The van der Waals surface area contributed by atoms with Gasteiger partial charge in [0.05, 0.1) is 11.9 Å². The van der Waals surface area contributed by atoms with Crippen molar-refractivity contribution in [1.29, 1.82) is 0 Å². The Balaban J connectivity index is 2.50. The van der Waals surface area contributed by atoms with Gasteiger partial charge >= 0.3 is 0 Å². The third-order valence-electron chi connectivity index (χ3n) is 5.93. The van der Waals surface area contributed by atoms with Gasteiger partial charge in [-0.25, -0.2) is 8.42 Å². The van der Waals surface area contributed by atoms with Crippen molar-refractivity contribution in [2.45, 2.75) is 59.0 Å². The number of para-hydroxylation sites is 1. The quantitative estimate of drug-likeness (QED) is 0.350. The van der Waals surface area contributed by atoms with E-state index < -0.39 is 28.5 Å². The largest absolute Gasteiger partial charge is 0.354 e. The molecule has 10 heteroatoms. The van der Waals surface area contributed by atoms with Gasteiger partial charge in [-0.05, 0) is 43.0 Å². The molecule has 2 aromatic carbocycles. The molecule has 0 fully saturated rings. The number of nitrogens with zero attached hydrogens (tertiary/aromatic N) is 2. The van der Waals surface area contributed by atoms with E-state index in [1.165, 1.54) is 4.90 Å². The number of sulfonamides is 1. The maximum absolute atomic E-state index is 13.8. The van der Waals surface area contributed by atoms with Gasteiger partial charge < -0.3 is 10.2 Å². The average Bonchev–Trinajstić information content (AvgIpc) is 2.83. The molecule has 2 rings (SSSR count). The summed E-state index contributed by atoms with van der Waals surface area (Å²) >= 11 is 12.8. The second-order valence-corrected chi connectivity index (χ2v) is 11.3. The first kappa shape index (κ1) is 29.9. The minimum atomic E-state index is -3.81. The molecule has 0 bridgehead atoms. The predicted molar refractivity (Wildman–Crippen MR) is 147 cm³/mol. The normalized spacial score (nSPS) is 12.2. The summed E-state index contributed by atoms with van der Waals surface area (Å²) < 4.78 is 26.7. The van der Waals surface area contributed by atoms with Crippen molar-refractivity contribution >= 4 is 50.7 Å². The van der Waals surface area contributed by atoms with Crippen LogP contribution in [0.15, 0.2) is 42.5 Å². The van der Waals surface area contributed by atoms with E-state index in [-0.39, 0.29) is 12.5 Å². The van der Waals surface area contributed by atoms with E-state index in [4.69, 9.17) is 23.2 Å². The molecule has 2 amide bonds. The average molecular weight is 557 g/mol. The zero-order chi connectivity index (χ0) is 26.9. The lowest BCUT2D eigenvalue weighted by atomic mass is 10.1. The fourth-order valence-electron chi connectivity index (χ4n) is 3.93. The Bertz CT molecular complexity index is 1140. The topological polar surface area (TPSA) is 86.8 Å². The second kappa shape index (κ2) is 13.9. The number of carbonyl (C=O) groups excluding carboxylic acids is 2. The summed E-state index contributed by atoms with van der Waals surface area (Å²) in [5, 5.41) is 3.61. The van der Waals surface area contributed by atoms with Crippen molar-refractivity contribution in [3.8, 4) is 0 Å². The molecule has 0 saturated heterocycles. The molecule has 0 aliphatic rings. The molecule has 1 atom stereocenters. The Morgan fingerprint density at radius 3 is 2.19 bits per heavy atom. The van der Waals surface area contributed by atoms with Crippen LogP contribution in [0, 0.1) is 0 Å². The lowest BCUT2D eigenvalue weighted by Gasteiger charge is -2.33. The standard InChI is InChI=1S/C26H35Cl2N3O4S/c1-5-8-16-29-26(33)23(7-3)30(17-20-21(27)13-11-14-22(20)28)25(32)18-31(36(4,34)35)24-15-10-9-12-19(24)6-2/h9-15,23H,5-8,16-18H2,1-4H3,(H,29,33)/t23-/m0/s1. The van der Waals surface area contributed by atoms with Crippen LogP contribution in [0.3, 0.4) is 0 Å².